The van der Waals surface area contributed by atoms with E-state index in [1.165, 1.54) is 7.11 Å². The van der Waals surface area contributed by atoms with Crippen molar-refractivity contribution in [3.05, 3.63) is 47.8 Å². The molecule has 1 heterocycles. The van der Waals surface area contributed by atoms with E-state index in [-0.39, 0.29) is 24.8 Å². The zero-order valence-electron chi connectivity index (χ0n) is 15.5. The van der Waals surface area contributed by atoms with Gasteiger partial charge in [0.05, 0.1) is 19.7 Å². The van der Waals surface area contributed by atoms with Crippen LogP contribution in [0.25, 0.3) is 0 Å². The molecular formula is C18H23N5O4. The van der Waals surface area contributed by atoms with Gasteiger partial charge in [0.1, 0.15) is 12.6 Å². The van der Waals surface area contributed by atoms with Crippen molar-refractivity contribution in [2.24, 2.45) is 7.05 Å². The molecule has 2 amide bonds. The fraction of sp³-hybridized carbons (Fsp3) is 0.333. The number of nitrogens with one attached hydrogen (secondary N) is 3. The highest BCUT2D eigenvalue weighted by molar-refractivity contribution is 5.95. The Morgan fingerprint density at radius 2 is 1.93 bits per heavy atom. The first-order valence-electron chi connectivity index (χ1n) is 8.32. The van der Waals surface area contributed by atoms with E-state index in [2.05, 4.69) is 25.8 Å². The van der Waals surface area contributed by atoms with E-state index in [4.69, 9.17) is 0 Å². The van der Waals surface area contributed by atoms with Crippen LogP contribution >= 0.6 is 0 Å². The lowest BCUT2D eigenvalue weighted by Gasteiger charge is -2.14. The van der Waals surface area contributed by atoms with Gasteiger partial charge in [-0.15, -0.1) is 0 Å². The lowest BCUT2D eigenvalue weighted by Crippen LogP contribution is -2.31. The number of benzene rings is 1. The summed E-state index contributed by atoms with van der Waals surface area (Å²) in [6.07, 6.45) is 3.54. The molecule has 1 atom stereocenters. The summed E-state index contributed by atoms with van der Waals surface area (Å²) >= 11 is 0. The van der Waals surface area contributed by atoms with Gasteiger partial charge >= 0.3 is 5.97 Å². The molecule has 0 saturated carbocycles. The van der Waals surface area contributed by atoms with Gasteiger partial charge in [-0.3, -0.25) is 19.1 Å². The highest BCUT2D eigenvalue weighted by Crippen LogP contribution is 2.16. The van der Waals surface area contributed by atoms with Gasteiger partial charge in [0.25, 0.3) is 0 Å². The second-order valence-corrected chi connectivity index (χ2v) is 5.88. The SMILES string of the molecule is CNC(C(=O)Nc1ccc(CC(=O)NCC(=O)OC)cc1)c1cnn(C)c1. The molecular weight excluding hydrogens is 350 g/mol. The first kappa shape index (κ1) is 20.1. The van der Waals surface area contributed by atoms with Crippen molar-refractivity contribution in [3.8, 4) is 0 Å². The van der Waals surface area contributed by atoms with E-state index in [1.54, 1.807) is 55.4 Å². The molecule has 0 aliphatic carbocycles. The van der Waals surface area contributed by atoms with Crippen molar-refractivity contribution < 1.29 is 19.1 Å². The smallest absolute Gasteiger partial charge is 0.325 e. The number of hydrogen-bond donors (Lipinski definition) is 3. The molecule has 9 nitrogen and oxygen atoms in total. The molecule has 2 rings (SSSR count). The Kier molecular flexibility index (Phi) is 7.07. The topological polar surface area (TPSA) is 114 Å². The number of aryl methyl sites for hydroxylation is 1. The molecule has 144 valence electrons. The maximum Gasteiger partial charge on any atom is 0.325 e. The molecule has 0 spiro atoms. The normalized spacial score (nSPS) is 11.5. The Morgan fingerprint density at radius 1 is 1.22 bits per heavy atom. The van der Waals surface area contributed by atoms with Crippen LogP contribution in [0.3, 0.4) is 0 Å². The number of methoxy groups -OCH3 is 1. The van der Waals surface area contributed by atoms with Crippen LogP contribution in [0, 0.1) is 0 Å². The van der Waals surface area contributed by atoms with Crippen LogP contribution in [0.4, 0.5) is 5.69 Å². The number of carbonyl (C=O) groups is 3. The minimum atomic E-state index is -0.525. The van der Waals surface area contributed by atoms with E-state index in [0.717, 1.165) is 11.1 Å². The monoisotopic (exact) mass is 373 g/mol. The second kappa shape index (κ2) is 9.48. The van der Waals surface area contributed by atoms with Crippen LogP contribution in [0.5, 0.6) is 0 Å². The standard InChI is InChI=1S/C18H23N5O4/c1-19-17(13-9-21-23(2)11-13)18(26)22-14-6-4-12(5-7-14)8-15(24)20-10-16(25)27-3/h4-7,9,11,17,19H,8,10H2,1-3H3,(H,20,24)(H,22,26). The third-order valence-corrected chi connectivity index (χ3v) is 3.85. The van der Waals surface area contributed by atoms with E-state index < -0.39 is 12.0 Å². The average molecular weight is 373 g/mol. The molecule has 1 unspecified atom stereocenters. The number of aromatic nitrogens is 2. The summed E-state index contributed by atoms with van der Waals surface area (Å²) in [6.45, 7) is -0.163. The molecule has 0 radical (unpaired) electrons. The number of ether oxygens (including phenoxy) is 1. The molecule has 0 saturated heterocycles. The van der Waals surface area contributed by atoms with Gasteiger partial charge in [-0.25, -0.2) is 0 Å². The lowest BCUT2D eigenvalue weighted by atomic mass is 10.1. The number of esters is 1. The van der Waals surface area contributed by atoms with Crippen molar-refractivity contribution in [2.75, 3.05) is 26.0 Å². The van der Waals surface area contributed by atoms with Gasteiger partial charge in [0.15, 0.2) is 0 Å². The molecule has 27 heavy (non-hydrogen) atoms. The maximum atomic E-state index is 12.5. The van der Waals surface area contributed by atoms with Crippen LogP contribution in [-0.2, 0) is 32.6 Å². The number of nitrogens with zero attached hydrogens (tertiary/aromatic N) is 2. The van der Waals surface area contributed by atoms with Crippen molar-refractivity contribution >= 4 is 23.5 Å². The van der Waals surface area contributed by atoms with Gasteiger partial charge in [0.2, 0.25) is 11.8 Å². The summed E-state index contributed by atoms with van der Waals surface area (Å²) in [5.74, 6) is -1.01. The summed E-state index contributed by atoms with van der Waals surface area (Å²) in [7, 11) is 4.75. The minimum Gasteiger partial charge on any atom is -0.468 e. The number of amides is 2. The zero-order chi connectivity index (χ0) is 19.8. The van der Waals surface area contributed by atoms with Crippen LogP contribution in [-0.4, -0.2) is 48.3 Å². The third-order valence-electron chi connectivity index (χ3n) is 3.85. The zero-order valence-corrected chi connectivity index (χ0v) is 15.5. The van der Waals surface area contributed by atoms with Crippen LogP contribution in [0.1, 0.15) is 17.2 Å². The average Bonchev–Trinajstić information content (AvgIpc) is 3.07. The van der Waals surface area contributed by atoms with Gasteiger partial charge in [-0.2, -0.15) is 5.10 Å². The minimum absolute atomic E-state index is 0.125. The predicted molar refractivity (Wildman–Crippen MR) is 98.8 cm³/mol. The van der Waals surface area contributed by atoms with Crippen molar-refractivity contribution in [2.45, 2.75) is 12.5 Å². The second-order valence-electron chi connectivity index (χ2n) is 5.88. The highest BCUT2D eigenvalue weighted by atomic mass is 16.5. The molecule has 1 aromatic heterocycles. The molecule has 1 aromatic carbocycles. The fourth-order valence-electron chi connectivity index (χ4n) is 2.45. The molecule has 9 heteroatoms. The molecule has 0 bridgehead atoms. The van der Waals surface area contributed by atoms with E-state index in [9.17, 15) is 14.4 Å². The van der Waals surface area contributed by atoms with E-state index >= 15 is 0 Å². The van der Waals surface area contributed by atoms with Gasteiger partial charge in [0, 0.05) is 24.5 Å². The van der Waals surface area contributed by atoms with Crippen molar-refractivity contribution in [1.29, 1.82) is 0 Å². The Bertz CT molecular complexity index is 800. The van der Waals surface area contributed by atoms with Crippen molar-refractivity contribution in [1.82, 2.24) is 20.4 Å². The summed E-state index contributed by atoms with van der Waals surface area (Å²) in [4.78, 5) is 35.3. The molecule has 0 aliphatic heterocycles. The number of anilines is 1. The maximum absolute atomic E-state index is 12.5. The number of likely N-dealkylation sites (N-methyl/N-ethyl adjacent to an activating group) is 1. The molecule has 0 fully saturated rings. The quantitative estimate of drug-likeness (QED) is 0.568. The lowest BCUT2D eigenvalue weighted by molar-refractivity contribution is -0.141. The van der Waals surface area contributed by atoms with E-state index in [0.29, 0.717) is 5.69 Å². The van der Waals surface area contributed by atoms with Crippen LogP contribution in [0.15, 0.2) is 36.7 Å². The molecule has 2 aromatic rings. The van der Waals surface area contributed by atoms with Crippen molar-refractivity contribution in [3.63, 3.8) is 0 Å². The summed E-state index contributed by atoms with van der Waals surface area (Å²) in [6, 6.07) is 6.40. The molecule has 3 N–H and O–H groups in total. The largest absolute Gasteiger partial charge is 0.468 e. The van der Waals surface area contributed by atoms with Gasteiger partial charge < -0.3 is 20.7 Å². The van der Waals surface area contributed by atoms with Gasteiger partial charge in [-0.05, 0) is 24.7 Å². The first-order chi connectivity index (χ1) is 12.9. The number of carbonyl (C=O) groups excluding carboxylic acids is 3. The summed E-state index contributed by atoms with van der Waals surface area (Å²) in [5.41, 5.74) is 2.13. The highest BCUT2D eigenvalue weighted by Gasteiger charge is 2.20. The molecule has 0 aliphatic rings. The summed E-state index contributed by atoms with van der Waals surface area (Å²) < 4.78 is 6.09. The Labute approximate surface area is 157 Å². The third kappa shape index (κ3) is 5.93. The Balaban J connectivity index is 1.91. The Hall–Kier alpha value is -3.20. The van der Waals surface area contributed by atoms with Crippen LogP contribution in [0.2, 0.25) is 0 Å². The Morgan fingerprint density at radius 3 is 2.48 bits per heavy atom. The van der Waals surface area contributed by atoms with Gasteiger partial charge in [-0.1, -0.05) is 12.1 Å². The summed E-state index contributed by atoms with van der Waals surface area (Å²) in [5, 5.41) is 12.3. The van der Waals surface area contributed by atoms with E-state index in [1.807, 2.05) is 0 Å². The first-order valence-corrected chi connectivity index (χ1v) is 8.32. The number of hydrogen-bond acceptors (Lipinski definition) is 6. The fourth-order valence-corrected chi connectivity index (χ4v) is 2.45. The number of rotatable bonds is 8. The van der Waals surface area contributed by atoms with Crippen LogP contribution < -0.4 is 16.0 Å². The predicted octanol–water partition coefficient (Wildman–Crippen LogP) is 0.151.